The Kier molecular flexibility index (Phi) is 1.40. The smallest absolute Gasteiger partial charge is 0.251 e. The molecule has 1 aromatic heterocycles. The van der Waals surface area contributed by atoms with Gasteiger partial charge in [0.25, 0.3) is 5.91 Å². The van der Waals surface area contributed by atoms with Crippen molar-refractivity contribution in [2.24, 2.45) is 5.73 Å². The Morgan fingerprint density at radius 2 is 2.22 bits per heavy atom. The highest BCUT2D eigenvalue weighted by atomic mass is 32.1. The lowest BCUT2D eigenvalue weighted by atomic mass is 10.3. The molecular formula is C5H6N2OS. The minimum atomic E-state index is -0.464. The molecule has 0 aromatic carbocycles. The number of thiophene rings is 1. The van der Waals surface area contributed by atoms with E-state index in [4.69, 9.17) is 11.5 Å². The first-order chi connectivity index (χ1) is 4.22. The van der Waals surface area contributed by atoms with E-state index >= 15 is 0 Å². The first kappa shape index (κ1) is 6.10. The van der Waals surface area contributed by atoms with E-state index in [1.165, 1.54) is 11.3 Å². The molecule has 9 heavy (non-hydrogen) atoms. The average molecular weight is 142 g/mol. The van der Waals surface area contributed by atoms with Crippen molar-refractivity contribution in [3.8, 4) is 0 Å². The molecular weight excluding hydrogens is 136 g/mol. The van der Waals surface area contributed by atoms with Gasteiger partial charge in [0.15, 0.2) is 0 Å². The molecule has 1 amide bonds. The Labute approximate surface area is 56.3 Å². The third-order valence-corrected chi connectivity index (χ3v) is 1.72. The lowest BCUT2D eigenvalue weighted by Gasteiger charge is -1.88. The van der Waals surface area contributed by atoms with Crippen LogP contribution in [-0.2, 0) is 0 Å². The number of nitrogen functional groups attached to an aromatic ring is 1. The summed E-state index contributed by atoms with van der Waals surface area (Å²) in [4.78, 5) is 10.4. The van der Waals surface area contributed by atoms with Gasteiger partial charge in [0.05, 0.1) is 11.3 Å². The minimum absolute atomic E-state index is 0.417. The molecule has 0 spiro atoms. The number of carbonyl (C=O) groups excluding carboxylic acids is 1. The molecule has 0 aliphatic carbocycles. The van der Waals surface area contributed by atoms with Crippen molar-refractivity contribution in [2.45, 2.75) is 0 Å². The summed E-state index contributed by atoms with van der Waals surface area (Å²) >= 11 is 1.37. The predicted octanol–water partition coefficient (Wildman–Crippen LogP) is 0.429. The van der Waals surface area contributed by atoms with E-state index in [2.05, 4.69) is 0 Å². The minimum Gasteiger partial charge on any atom is -0.397 e. The van der Waals surface area contributed by atoms with Crippen LogP contribution in [-0.4, -0.2) is 5.91 Å². The third-order valence-electron chi connectivity index (χ3n) is 0.957. The highest BCUT2D eigenvalue weighted by Crippen LogP contribution is 2.15. The van der Waals surface area contributed by atoms with Crippen molar-refractivity contribution in [3.63, 3.8) is 0 Å². The van der Waals surface area contributed by atoms with Crippen LogP contribution in [0.3, 0.4) is 0 Å². The summed E-state index contributed by atoms with van der Waals surface area (Å²) in [6.45, 7) is 0. The molecule has 1 rings (SSSR count). The van der Waals surface area contributed by atoms with E-state index in [-0.39, 0.29) is 0 Å². The fourth-order valence-corrected chi connectivity index (χ4v) is 1.24. The standard InChI is InChI=1S/C5H6N2OS/c6-4-2-9-1-3(4)5(7)8/h1-2H,6H2,(H2,7,8). The van der Waals surface area contributed by atoms with Gasteiger partial charge in [-0.1, -0.05) is 0 Å². The Hall–Kier alpha value is -1.03. The van der Waals surface area contributed by atoms with Crippen LogP contribution in [0.25, 0.3) is 0 Å². The topological polar surface area (TPSA) is 69.1 Å². The number of nitrogens with two attached hydrogens (primary N) is 2. The van der Waals surface area contributed by atoms with E-state index in [1.807, 2.05) is 0 Å². The number of amides is 1. The molecule has 1 heterocycles. The largest absolute Gasteiger partial charge is 0.397 e. The van der Waals surface area contributed by atoms with Gasteiger partial charge in [-0.05, 0) is 0 Å². The van der Waals surface area contributed by atoms with Gasteiger partial charge in [-0.3, -0.25) is 4.79 Å². The van der Waals surface area contributed by atoms with E-state index in [9.17, 15) is 4.79 Å². The molecule has 0 aliphatic heterocycles. The maximum absolute atomic E-state index is 10.4. The van der Waals surface area contributed by atoms with Crippen molar-refractivity contribution in [1.82, 2.24) is 0 Å². The van der Waals surface area contributed by atoms with Crippen LogP contribution >= 0.6 is 11.3 Å². The van der Waals surface area contributed by atoms with Gasteiger partial charge in [0.2, 0.25) is 0 Å². The number of rotatable bonds is 1. The number of anilines is 1. The Morgan fingerprint density at radius 1 is 1.56 bits per heavy atom. The molecule has 0 aliphatic rings. The van der Waals surface area contributed by atoms with Gasteiger partial charge < -0.3 is 11.5 Å². The molecule has 1 aromatic rings. The van der Waals surface area contributed by atoms with Crippen LogP contribution < -0.4 is 11.5 Å². The molecule has 0 radical (unpaired) electrons. The number of carbonyl (C=O) groups is 1. The molecule has 0 saturated carbocycles. The molecule has 4 heteroatoms. The zero-order valence-electron chi connectivity index (χ0n) is 4.63. The van der Waals surface area contributed by atoms with Crippen LogP contribution in [0.4, 0.5) is 5.69 Å². The quantitative estimate of drug-likeness (QED) is 0.597. The molecule has 4 N–H and O–H groups in total. The van der Waals surface area contributed by atoms with Gasteiger partial charge >= 0.3 is 0 Å². The second kappa shape index (κ2) is 2.06. The van der Waals surface area contributed by atoms with Crippen LogP contribution in [0.5, 0.6) is 0 Å². The second-order valence-corrected chi connectivity index (χ2v) is 2.35. The Morgan fingerprint density at radius 3 is 2.44 bits per heavy atom. The highest BCUT2D eigenvalue weighted by Gasteiger charge is 2.03. The van der Waals surface area contributed by atoms with Crippen LogP contribution in [0.1, 0.15) is 10.4 Å². The highest BCUT2D eigenvalue weighted by molar-refractivity contribution is 7.08. The lowest BCUT2D eigenvalue weighted by Crippen LogP contribution is -2.11. The summed E-state index contributed by atoms with van der Waals surface area (Å²) in [5, 5.41) is 3.32. The van der Waals surface area contributed by atoms with Crippen molar-refractivity contribution in [2.75, 3.05) is 5.73 Å². The molecule has 0 atom stereocenters. The molecule has 0 bridgehead atoms. The maximum Gasteiger partial charge on any atom is 0.251 e. The van der Waals surface area contributed by atoms with Crippen LogP contribution in [0, 0.1) is 0 Å². The zero-order chi connectivity index (χ0) is 6.85. The van der Waals surface area contributed by atoms with Gasteiger partial charge in [0.1, 0.15) is 0 Å². The SMILES string of the molecule is NC(=O)c1cscc1N. The number of hydrogen-bond acceptors (Lipinski definition) is 3. The molecule has 0 fully saturated rings. The van der Waals surface area contributed by atoms with E-state index in [0.717, 1.165) is 0 Å². The zero-order valence-corrected chi connectivity index (χ0v) is 5.44. The Balaban J connectivity index is 3.08. The number of primary amides is 1. The number of hydrogen-bond donors (Lipinski definition) is 2. The summed E-state index contributed by atoms with van der Waals surface area (Å²) in [7, 11) is 0. The summed E-state index contributed by atoms with van der Waals surface area (Å²) < 4.78 is 0. The van der Waals surface area contributed by atoms with Crippen molar-refractivity contribution in [3.05, 3.63) is 16.3 Å². The van der Waals surface area contributed by atoms with Gasteiger partial charge in [0, 0.05) is 10.8 Å². The van der Waals surface area contributed by atoms with E-state index in [0.29, 0.717) is 11.3 Å². The summed E-state index contributed by atoms with van der Waals surface area (Å²) in [6, 6.07) is 0. The monoisotopic (exact) mass is 142 g/mol. The molecule has 3 nitrogen and oxygen atoms in total. The van der Waals surface area contributed by atoms with Gasteiger partial charge in [-0.25, -0.2) is 0 Å². The summed E-state index contributed by atoms with van der Waals surface area (Å²) in [5.41, 5.74) is 11.2. The van der Waals surface area contributed by atoms with Gasteiger partial charge in [-0.2, -0.15) is 0 Å². The normalized spacial score (nSPS) is 9.33. The van der Waals surface area contributed by atoms with Gasteiger partial charge in [-0.15, -0.1) is 11.3 Å². The predicted molar refractivity (Wildman–Crippen MR) is 37.2 cm³/mol. The molecule has 0 saturated heterocycles. The summed E-state index contributed by atoms with van der Waals surface area (Å²) in [5.74, 6) is -0.464. The Bertz CT molecular complexity index is 231. The second-order valence-electron chi connectivity index (χ2n) is 1.61. The van der Waals surface area contributed by atoms with Crippen molar-refractivity contribution in [1.29, 1.82) is 0 Å². The average Bonchev–Trinajstić information content (AvgIpc) is 2.13. The fourth-order valence-electron chi connectivity index (χ4n) is 0.507. The van der Waals surface area contributed by atoms with Crippen molar-refractivity contribution >= 4 is 22.9 Å². The first-order valence-electron chi connectivity index (χ1n) is 2.33. The summed E-state index contributed by atoms with van der Waals surface area (Å²) in [6.07, 6.45) is 0. The maximum atomic E-state index is 10.4. The third kappa shape index (κ3) is 1.02. The van der Waals surface area contributed by atoms with E-state index in [1.54, 1.807) is 10.8 Å². The fraction of sp³-hybridized carbons (Fsp3) is 0. The van der Waals surface area contributed by atoms with Crippen LogP contribution in [0.15, 0.2) is 10.8 Å². The molecule has 48 valence electrons. The van der Waals surface area contributed by atoms with E-state index < -0.39 is 5.91 Å². The van der Waals surface area contributed by atoms with Crippen LogP contribution in [0.2, 0.25) is 0 Å². The molecule has 0 unspecified atom stereocenters. The first-order valence-corrected chi connectivity index (χ1v) is 3.27. The lowest BCUT2D eigenvalue weighted by molar-refractivity contribution is 0.100. The van der Waals surface area contributed by atoms with Crippen molar-refractivity contribution < 1.29 is 4.79 Å².